The molecule has 2 bridgehead atoms. The molecule has 0 radical (unpaired) electrons. The van der Waals surface area contributed by atoms with Crippen molar-refractivity contribution >= 4 is 16.7 Å². The van der Waals surface area contributed by atoms with Crippen molar-refractivity contribution in [3.63, 3.8) is 0 Å². The number of allylic oxidation sites excluding steroid dienone is 2. The maximum Gasteiger partial charge on any atom is 0.278 e. The van der Waals surface area contributed by atoms with Crippen molar-refractivity contribution in [2.75, 3.05) is 44.7 Å². The van der Waals surface area contributed by atoms with Gasteiger partial charge in [0.25, 0.3) is 5.56 Å². The quantitative estimate of drug-likeness (QED) is 0.390. The van der Waals surface area contributed by atoms with E-state index in [0.29, 0.717) is 48.1 Å². The summed E-state index contributed by atoms with van der Waals surface area (Å²) in [6.45, 7) is 5.29. The Morgan fingerprint density at radius 3 is 2.63 bits per heavy atom. The molecule has 38 heavy (non-hydrogen) atoms. The molecule has 4 aromatic rings. The highest BCUT2D eigenvalue weighted by molar-refractivity contribution is 5.75. The molecule has 5 heterocycles. The van der Waals surface area contributed by atoms with Crippen molar-refractivity contribution in [2.45, 2.75) is 32.2 Å². The van der Waals surface area contributed by atoms with Gasteiger partial charge in [-0.05, 0) is 50.1 Å². The third-order valence-electron chi connectivity index (χ3n) is 7.28. The number of hydrogen-bond acceptors (Lipinski definition) is 7. The van der Waals surface area contributed by atoms with E-state index in [2.05, 4.69) is 52.2 Å². The highest BCUT2D eigenvalue weighted by Crippen LogP contribution is 2.21. The first-order valence-electron chi connectivity index (χ1n) is 13.4. The molecule has 0 aliphatic carbocycles. The lowest BCUT2D eigenvalue weighted by molar-refractivity contribution is 0.295. The van der Waals surface area contributed by atoms with Crippen LogP contribution < -0.4 is 15.2 Å². The number of aromatic nitrogens is 5. The Morgan fingerprint density at radius 1 is 0.947 bits per heavy atom. The van der Waals surface area contributed by atoms with Crippen molar-refractivity contribution in [3.8, 4) is 11.7 Å². The second-order valence-corrected chi connectivity index (χ2v) is 10.0. The van der Waals surface area contributed by atoms with Gasteiger partial charge in [-0.3, -0.25) is 4.79 Å². The number of rotatable bonds is 3. The molecule has 6 rings (SSSR count). The molecule has 0 amide bonds. The van der Waals surface area contributed by atoms with Crippen LogP contribution in [0.1, 0.15) is 30.7 Å². The summed E-state index contributed by atoms with van der Waals surface area (Å²) in [5, 5.41) is 0.479. The highest BCUT2D eigenvalue weighted by Gasteiger charge is 2.19. The topological polar surface area (TPSA) is 81.3 Å². The third-order valence-corrected chi connectivity index (χ3v) is 7.28. The lowest BCUT2D eigenvalue weighted by Crippen LogP contribution is -2.44. The Labute approximate surface area is 222 Å². The molecule has 2 aliphatic heterocycles. The minimum Gasteiger partial charge on any atom is -0.478 e. The van der Waals surface area contributed by atoms with Crippen LogP contribution in [0.3, 0.4) is 0 Å². The Hall–Kier alpha value is -3.98. The van der Waals surface area contributed by atoms with E-state index in [-0.39, 0.29) is 5.56 Å². The van der Waals surface area contributed by atoms with Gasteiger partial charge in [0.2, 0.25) is 5.88 Å². The first kappa shape index (κ1) is 24.4. The lowest BCUT2D eigenvalue weighted by atomic mass is 10.1. The smallest absolute Gasteiger partial charge is 0.278 e. The molecule has 9 heteroatoms. The van der Waals surface area contributed by atoms with E-state index in [1.54, 1.807) is 15.6 Å². The standard InChI is InChI=1S/C29H33N7O2/c1-33-15-17-34(18-16-33)23-12-10-22(11-13-23)20-25-30-21-24-28(31-25)36-26-8-7-9-27(32-26)38-19-6-4-2-3-5-14-35(36)29(24)37/h3,5,7-13,21H,2,4,6,14-20H2,1H3/b5-3+. The summed E-state index contributed by atoms with van der Waals surface area (Å²) in [5.74, 6) is 1.81. The van der Waals surface area contributed by atoms with E-state index in [0.717, 1.165) is 51.0 Å². The summed E-state index contributed by atoms with van der Waals surface area (Å²) in [4.78, 5) is 32.3. The van der Waals surface area contributed by atoms with Crippen LogP contribution in [0.2, 0.25) is 0 Å². The van der Waals surface area contributed by atoms with Crippen LogP contribution in [-0.4, -0.2) is 69.0 Å². The molecule has 196 valence electrons. The molecule has 0 saturated carbocycles. The first-order valence-corrected chi connectivity index (χ1v) is 13.4. The van der Waals surface area contributed by atoms with Crippen molar-refractivity contribution in [2.24, 2.45) is 0 Å². The third kappa shape index (κ3) is 5.06. The van der Waals surface area contributed by atoms with Gasteiger partial charge in [-0.25, -0.2) is 19.3 Å². The van der Waals surface area contributed by atoms with Crippen LogP contribution in [0.5, 0.6) is 5.88 Å². The summed E-state index contributed by atoms with van der Waals surface area (Å²) >= 11 is 0. The van der Waals surface area contributed by atoms with Gasteiger partial charge in [0.05, 0.1) is 13.2 Å². The normalized spacial score (nSPS) is 17.7. The predicted molar refractivity (Wildman–Crippen MR) is 148 cm³/mol. The van der Waals surface area contributed by atoms with E-state index in [1.807, 2.05) is 24.3 Å². The van der Waals surface area contributed by atoms with Crippen molar-refractivity contribution < 1.29 is 4.74 Å². The minimum absolute atomic E-state index is 0.129. The molecule has 1 saturated heterocycles. The first-order chi connectivity index (χ1) is 18.7. The van der Waals surface area contributed by atoms with E-state index >= 15 is 0 Å². The predicted octanol–water partition coefficient (Wildman–Crippen LogP) is 3.44. The molecule has 3 aromatic heterocycles. The van der Waals surface area contributed by atoms with Crippen LogP contribution in [-0.2, 0) is 13.0 Å². The van der Waals surface area contributed by atoms with E-state index < -0.39 is 0 Å². The number of ether oxygens (including phenoxy) is 1. The number of pyridine rings is 1. The number of piperazine rings is 1. The maximum atomic E-state index is 13.4. The van der Waals surface area contributed by atoms with Crippen molar-refractivity contribution in [1.82, 2.24) is 29.2 Å². The summed E-state index contributed by atoms with van der Waals surface area (Å²) in [5.41, 5.74) is 2.80. The summed E-state index contributed by atoms with van der Waals surface area (Å²) in [6.07, 6.45) is 9.32. The molecule has 0 atom stereocenters. The molecule has 2 aliphatic rings. The average molecular weight is 512 g/mol. The Morgan fingerprint density at radius 2 is 1.79 bits per heavy atom. The zero-order valence-corrected chi connectivity index (χ0v) is 21.8. The summed E-state index contributed by atoms with van der Waals surface area (Å²) in [6, 6.07) is 14.3. The average Bonchev–Trinajstić information content (AvgIpc) is 3.22. The zero-order valence-electron chi connectivity index (χ0n) is 21.8. The number of nitrogens with zero attached hydrogens (tertiary/aromatic N) is 7. The fourth-order valence-electron chi connectivity index (χ4n) is 5.05. The minimum atomic E-state index is -0.129. The summed E-state index contributed by atoms with van der Waals surface area (Å²) in [7, 11) is 2.17. The van der Waals surface area contributed by atoms with Crippen molar-refractivity contribution in [3.05, 3.63) is 82.6 Å². The van der Waals surface area contributed by atoms with Crippen LogP contribution in [0, 0.1) is 0 Å². The lowest BCUT2D eigenvalue weighted by Gasteiger charge is -2.34. The SMILES string of the molecule is CN1CCN(c2ccc(Cc3ncc4c(=O)n5n(c4n3)-c3cccc(n3)OCCCC/C=C/C5)cc2)CC1. The van der Waals surface area contributed by atoms with Gasteiger partial charge in [-0.2, -0.15) is 4.98 Å². The number of fused-ring (bicyclic) bond motifs is 6. The molecular formula is C29H33N7O2. The van der Waals surface area contributed by atoms with Gasteiger partial charge in [0.1, 0.15) is 11.2 Å². The number of hydrogen-bond donors (Lipinski definition) is 0. The second kappa shape index (κ2) is 10.8. The molecular weight excluding hydrogens is 478 g/mol. The molecule has 0 unspecified atom stereocenters. The molecule has 0 spiro atoms. The van der Waals surface area contributed by atoms with E-state index in [1.165, 1.54) is 5.69 Å². The van der Waals surface area contributed by atoms with Crippen LogP contribution in [0.4, 0.5) is 5.69 Å². The molecule has 0 N–H and O–H groups in total. The zero-order chi connectivity index (χ0) is 25.9. The fraction of sp³-hybridized carbons (Fsp3) is 0.379. The van der Waals surface area contributed by atoms with Crippen LogP contribution >= 0.6 is 0 Å². The number of likely N-dealkylation sites (N-methyl/N-ethyl adjacent to an activating group) is 1. The van der Waals surface area contributed by atoms with Crippen LogP contribution in [0.15, 0.2) is 65.6 Å². The molecule has 1 aromatic carbocycles. The fourth-order valence-corrected chi connectivity index (χ4v) is 5.05. The second-order valence-electron chi connectivity index (χ2n) is 10.0. The number of benzene rings is 1. The number of anilines is 1. The van der Waals surface area contributed by atoms with Gasteiger partial charge >= 0.3 is 0 Å². The highest BCUT2D eigenvalue weighted by atomic mass is 16.5. The molecule has 1 fully saturated rings. The molecule has 9 nitrogen and oxygen atoms in total. The van der Waals surface area contributed by atoms with Gasteiger partial charge in [0.15, 0.2) is 11.5 Å². The van der Waals surface area contributed by atoms with Gasteiger partial charge in [0, 0.05) is 50.6 Å². The van der Waals surface area contributed by atoms with Crippen LogP contribution in [0.25, 0.3) is 16.9 Å². The van der Waals surface area contributed by atoms with Gasteiger partial charge in [-0.1, -0.05) is 30.4 Å². The Kier molecular flexibility index (Phi) is 6.92. The Balaban J connectivity index is 1.34. The maximum absolute atomic E-state index is 13.4. The van der Waals surface area contributed by atoms with Crippen molar-refractivity contribution in [1.29, 1.82) is 0 Å². The largest absolute Gasteiger partial charge is 0.478 e. The Bertz CT molecular complexity index is 1500. The van der Waals surface area contributed by atoms with Gasteiger partial charge < -0.3 is 14.5 Å². The monoisotopic (exact) mass is 511 g/mol. The summed E-state index contributed by atoms with van der Waals surface area (Å²) < 4.78 is 9.36. The van der Waals surface area contributed by atoms with Gasteiger partial charge in [-0.15, -0.1) is 0 Å². The van der Waals surface area contributed by atoms with E-state index in [4.69, 9.17) is 14.7 Å². The van der Waals surface area contributed by atoms with E-state index in [9.17, 15) is 4.79 Å².